The van der Waals surface area contributed by atoms with Crippen LogP contribution in [0, 0.1) is 5.82 Å². The van der Waals surface area contributed by atoms with Crippen LogP contribution in [0.2, 0.25) is 0 Å². The van der Waals surface area contributed by atoms with E-state index < -0.39 is 10.0 Å². The minimum atomic E-state index is -0.554. The maximum absolute atomic E-state index is 13.8. The van der Waals surface area contributed by atoms with Crippen molar-refractivity contribution in [2.75, 3.05) is 31.1 Å². The van der Waals surface area contributed by atoms with Crippen LogP contribution >= 0.6 is 26.0 Å². The Morgan fingerprint density at radius 2 is 2.16 bits per heavy atom. The smallest absolute Gasteiger partial charge is 0.151 e. The van der Waals surface area contributed by atoms with E-state index >= 15 is 0 Å². The van der Waals surface area contributed by atoms with E-state index in [2.05, 4.69) is 39.7 Å². The molecule has 0 spiro atoms. The van der Waals surface area contributed by atoms with Gasteiger partial charge in [-0.15, -0.1) is 0 Å². The molecule has 3 nitrogen and oxygen atoms in total. The van der Waals surface area contributed by atoms with Crippen molar-refractivity contribution in [3.05, 3.63) is 28.7 Å². The number of hydrogen-bond acceptors (Lipinski definition) is 2. The van der Waals surface area contributed by atoms with Crippen LogP contribution in [0.3, 0.4) is 0 Å². The Kier molecular flexibility index (Phi) is 4.53. The van der Waals surface area contributed by atoms with E-state index in [9.17, 15) is 4.39 Å². The zero-order chi connectivity index (χ0) is 14.0. The van der Waals surface area contributed by atoms with Gasteiger partial charge in [0, 0.05) is 22.6 Å². The summed E-state index contributed by atoms with van der Waals surface area (Å²) >= 11 is 3.34. The zero-order valence-electron chi connectivity index (χ0n) is 11.3. The van der Waals surface area contributed by atoms with Crippen LogP contribution in [-0.2, 0) is 11.5 Å². The first kappa shape index (κ1) is 14.8. The van der Waals surface area contributed by atoms with E-state index in [1.165, 1.54) is 6.20 Å². The van der Waals surface area contributed by atoms with Gasteiger partial charge >= 0.3 is 0 Å². The molecule has 0 aliphatic heterocycles. The number of rotatable bonds is 5. The van der Waals surface area contributed by atoms with Crippen molar-refractivity contribution in [2.45, 2.75) is 6.73 Å². The van der Waals surface area contributed by atoms with Gasteiger partial charge in [0.05, 0.1) is 12.0 Å². The Balaban J connectivity index is 2.08. The van der Waals surface area contributed by atoms with Gasteiger partial charge in [0.15, 0.2) is 5.82 Å². The third-order valence-electron chi connectivity index (χ3n) is 2.73. The van der Waals surface area contributed by atoms with Gasteiger partial charge in [-0.3, -0.25) is 0 Å². The van der Waals surface area contributed by atoms with Crippen LogP contribution in [-0.4, -0.2) is 40.7 Å². The molecule has 0 aliphatic rings. The number of nitrogens with zero attached hydrogens (tertiary/aromatic N) is 2. The molecule has 0 fully saturated rings. The van der Waals surface area contributed by atoms with Gasteiger partial charge in [0.25, 0.3) is 0 Å². The van der Waals surface area contributed by atoms with E-state index in [-0.39, 0.29) is 5.82 Å². The fourth-order valence-corrected chi connectivity index (χ4v) is 2.80. The highest BCUT2D eigenvalue weighted by Gasteiger charge is 2.12. The molecule has 0 unspecified atom stereocenters. The van der Waals surface area contributed by atoms with Crippen LogP contribution in [0.15, 0.2) is 22.9 Å². The normalized spacial score (nSPS) is 13.1. The Labute approximate surface area is 122 Å². The summed E-state index contributed by atoms with van der Waals surface area (Å²) in [6, 6.07) is 1.74. The van der Waals surface area contributed by atoms with Crippen LogP contribution in [0.4, 0.5) is 4.39 Å². The quantitative estimate of drug-likeness (QED) is 0.771. The molecule has 2 rings (SSSR count). The molecule has 0 N–H and O–H groups in total. The molecule has 2 heterocycles. The minimum Gasteiger partial charge on any atom is -0.360 e. The van der Waals surface area contributed by atoms with Crippen LogP contribution in [0.25, 0.3) is 11.0 Å². The summed E-state index contributed by atoms with van der Waals surface area (Å²) in [5.74, 6) is 0.770. The largest absolute Gasteiger partial charge is 0.360 e. The van der Waals surface area contributed by atoms with Gasteiger partial charge in [-0.2, -0.15) is 0 Å². The number of halogens is 2. The first-order chi connectivity index (χ1) is 8.88. The van der Waals surface area contributed by atoms with E-state index in [0.717, 1.165) is 5.75 Å². The molecule has 0 saturated carbocycles. The first-order valence-corrected chi connectivity index (χ1v) is 9.73. The van der Waals surface area contributed by atoms with E-state index in [1.807, 2.05) is 0 Å². The van der Waals surface area contributed by atoms with Crippen molar-refractivity contribution in [2.24, 2.45) is 0 Å². The molecule has 0 bridgehead atoms. The molecule has 2 aromatic heterocycles. The Hall–Kier alpha value is -0.590. The fourth-order valence-electron chi connectivity index (χ4n) is 1.70. The molecule has 0 radical (unpaired) electrons. The third kappa shape index (κ3) is 3.70. The van der Waals surface area contributed by atoms with Gasteiger partial charge in [-0.05, 0) is 40.8 Å². The van der Waals surface area contributed by atoms with Crippen molar-refractivity contribution in [1.29, 1.82) is 0 Å². The maximum atomic E-state index is 13.8. The molecule has 6 heteroatoms. The third-order valence-corrected chi connectivity index (χ3v) is 4.78. The van der Waals surface area contributed by atoms with E-state index in [0.29, 0.717) is 28.8 Å². The number of aromatic nitrogens is 2. The Morgan fingerprint density at radius 3 is 2.84 bits per heavy atom. The van der Waals surface area contributed by atoms with Crippen LogP contribution in [0.1, 0.15) is 0 Å². The predicted molar refractivity (Wildman–Crippen MR) is 83.6 cm³/mol. The second-order valence-corrected chi connectivity index (χ2v) is 10.7. The monoisotopic (exact) mass is 348 g/mol. The molecular formula is C13H18BrFN2OS. The van der Waals surface area contributed by atoms with Gasteiger partial charge in [-0.1, -0.05) is 0 Å². The summed E-state index contributed by atoms with van der Waals surface area (Å²) in [6.07, 6.45) is 9.84. The summed E-state index contributed by atoms with van der Waals surface area (Å²) in [6.45, 7) is 1.02. The number of pyridine rings is 1. The lowest BCUT2D eigenvalue weighted by Crippen LogP contribution is -2.09. The van der Waals surface area contributed by atoms with Gasteiger partial charge < -0.3 is 9.30 Å². The molecule has 0 atom stereocenters. The minimum absolute atomic E-state index is 0.278. The lowest BCUT2D eigenvalue weighted by Gasteiger charge is -2.24. The summed E-state index contributed by atoms with van der Waals surface area (Å²) < 4.78 is 21.9. The van der Waals surface area contributed by atoms with Crippen molar-refractivity contribution >= 4 is 37.0 Å². The highest BCUT2D eigenvalue weighted by Crippen LogP contribution is 2.33. The standard InChI is InChI=1S/C13H18BrFN2OS/c1-19(2,3)7-6-18-9-17-8-11(15)12-10(14)4-5-16-13(12)17/h4-5,8H,6-7,9H2,1-3H3. The average molecular weight is 349 g/mol. The summed E-state index contributed by atoms with van der Waals surface area (Å²) in [5, 5.41) is 0.507. The summed E-state index contributed by atoms with van der Waals surface area (Å²) in [7, 11) is -0.554. The molecule has 0 amide bonds. The lowest BCUT2D eigenvalue weighted by molar-refractivity contribution is 0.0920. The topological polar surface area (TPSA) is 27.1 Å². The Morgan fingerprint density at radius 1 is 1.42 bits per heavy atom. The highest BCUT2D eigenvalue weighted by atomic mass is 79.9. The lowest BCUT2D eigenvalue weighted by atomic mass is 10.3. The second-order valence-electron chi connectivity index (χ2n) is 5.27. The van der Waals surface area contributed by atoms with Crippen LogP contribution in [0.5, 0.6) is 0 Å². The SMILES string of the molecule is CS(C)(C)CCOCn1cc(F)c2c(Br)ccnc21. The molecule has 106 valence electrons. The van der Waals surface area contributed by atoms with Crippen molar-refractivity contribution in [3.8, 4) is 0 Å². The van der Waals surface area contributed by atoms with Gasteiger partial charge in [0.1, 0.15) is 12.4 Å². The van der Waals surface area contributed by atoms with E-state index in [4.69, 9.17) is 4.74 Å². The Bertz CT molecular complexity index is 580. The van der Waals surface area contributed by atoms with Gasteiger partial charge in [0.2, 0.25) is 0 Å². The first-order valence-electron chi connectivity index (χ1n) is 5.91. The van der Waals surface area contributed by atoms with Gasteiger partial charge in [-0.25, -0.2) is 19.4 Å². The predicted octanol–water partition coefficient (Wildman–Crippen LogP) is 3.61. The van der Waals surface area contributed by atoms with Crippen molar-refractivity contribution < 1.29 is 9.13 Å². The van der Waals surface area contributed by atoms with Crippen molar-refractivity contribution in [1.82, 2.24) is 9.55 Å². The number of fused-ring (bicyclic) bond motifs is 1. The summed E-state index contributed by atoms with van der Waals surface area (Å²) in [4.78, 5) is 4.21. The molecule has 19 heavy (non-hydrogen) atoms. The fraction of sp³-hybridized carbons (Fsp3) is 0.462. The van der Waals surface area contributed by atoms with Crippen molar-refractivity contribution in [3.63, 3.8) is 0 Å². The summed E-state index contributed by atoms with van der Waals surface area (Å²) in [5.41, 5.74) is 0.606. The molecule has 0 saturated heterocycles. The zero-order valence-corrected chi connectivity index (χ0v) is 13.7. The average Bonchev–Trinajstić information content (AvgIpc) is 2.62. The molecular weight excluding hydrogens is 331 g/mol. The molecule has 2 aromatic rings. The highest BCUT2D eigenvalue weighted by molar-refractivity contribution is 9.10. The number of hydrogen-bond donors (Lipinski definition) is 0. The molecule has 0 aliphatic carbocycles. The van der Waals surface area contributed by atoms with E-state index in [1.54, 1.807) is 16.8 Å². The van der Waals surface area contributed by atoms with Crippen LogP contribution < -0.4 is 0 Å². The maximum Gasteiger partial charge on any atom is 0.151 e. The molecule has 0 aromatic carbocycles. The number of ether oxygens (including phenoxy) is 1. The second kappa shape index (κ2) is 5.81.